The van der Waals surface area contributed by atoms with Crippen LogP contribution in [-0.2, 0) is 9.53 Å². The summed E-state index contributed by atoms with van der Waals surface area (Å²) in [6.07, 6.45) is 2.73. The highest BCUT2D eigenvalue weighted by Gasteiger charge is 2.18. The summed E-state index contributed by atoms with van der Waals surface area (Å²) in [5, 5.41) is 5.58. The number of carbonyl (C=O) groups excluding carboxylic acids is 2. The number of carbonyl (C=O) groups is 2. The predicted octanol–water partition coefficient (Wildman–Crippen LogP) is 1.47. The first kappa shape index (κ1) is 15.9. The summed E-state index contributed by atoms with van der Waals surface area (Å²) < 4.78 is 5.08. The molecular weight excluding hydrogens is 220 g/mol. The number of hydrogen-bond donors (Lipinski definition) is 2. The standard InChI is InChI=1S/C12H24N2O3/c1-12(2,3)17-11(16)14-10(9-15)7-5-6-8-13-4/h9-10,13H,5-8H2,1-4H3,(H,14,16). The van der Waals surface area contributed by atoms with Crippen molar-refractivity contribution >= 4 is 12.4 Å². The molecule has 17 heavy (non-hydrogen) atoms. The van der Waals surface area contributed by atoms with E-state index >= 15 is 0 Å². The molecule has 0 aromatic rings. The summed E-state index contributed by atoms with van der Waals surface area (Å²) in [5.41, 5.74) is -0.538. The van der Waals surface area contributed by atoms with E-state index in [9.17, 15) is 9.59 Å². The van der Waals surface area contributed by atoms with Gasteiger partial charge in [0, 0.05) is 0 Å². The van der Waals surface area contributed by atoms with E-state index < -0.39 is 17.7 Å². The molecule has 0 saturated heterocycles. The highest BCUT2D eigenvalue weighted by atomic mass is 16.6. The summed E-state index contributed by atoms with van der Waals surface area (Å²) in [6, 6.07) is -0.457. The van der Waals surface area contributed by atoms with E-state index in [4.69, 9.17) is 4.74 Å². The fraction of sp³-hybridized carbons (Fsp3) is 0.833. The Morgan fingerprint density at radius 1 is 1.35 bits per heavy atom. The monoisotopic (exact) mass is 244 g/mol. The van der Waals surface area contributed by atoms with E-state index in [0.717, 1.165) is 25.7 Å². The second-order valence-corrected chi connectivity index (χ2v) is 4.99. The molecule has 0 aliphatic carbocycles. The normalized spacial score (nSPS) is 12.9. The second kappa shape index (κ2) is 8.06. The zero-order chi connectivity index (χ0) is 13.3. The molecule has 2 N–H and O–H groups in total. The molecule has 0 spiro atoms. The number of ether oxygens (including phenoxy) is 1. The number of rotatable bonds is 7. The van der Waals surface area contributed by atoms with Gasteiger partial charge in [-0.25, -0.2) is 4.79 Å². The van der Waals surface area contributed by atoms with Gasteiger partial charge in [0.05, 0.1) is 6.04 Å². The summed E-state index contributed by atoms with van der Waals surface area (Å²) in [4.78, 5) is 22.2. The van der Waals surface area contributed by atoms with Gasteiger partial charge in [0.15, 0.2) is 0 Å². The quantitative estimate of drug-likeness (QED) is 0.525. The van der Waals surface area contributed by atoms with Gasteiger partial charge in [-0.2, -0.15) is 0 Å². The fourth-order valence-corrected chi connectivity index (χ4v) is 1.30. The highest BCUT2D eigenvalue weighted by molar-refractivity contribution is 5.73. The highest BCUT2D eigenvalue weighted by Crippen LogP contribution is 2.07. The van der Waals surface area contributed by atoms with Gasteiger partial charge < -0.3 is 20.2 Å². The summed E-state index contributed by atoms with van der Waals surface area (Å²) >= 11 is 0. The van der Waals surface area contributed by atoms with Crippen LogP contribution in [0.4, 0.5) is 4.79 Å². The predicted molar refractivity (Wildman–Crippen MR) is 67.0 cm³/mol. The number of hydrogen-bond acceptors (Lipinski definition) is 4. The van der Waals surface area contributed by atoms with Crippen LogP contribution in [0.2, 0.25) is 0 Å². The van der Waals surface area contributed by atoms with E-state index in [1.165, 1.54) is 0 Å². The molecule has 1 unspecified atom stereocenters. The number of aldehydes is 1. The third-order valence-corrected chi connectivity index (χ3v) is 2.06. The Kier molecular flexibility index (Phi) is 7.54. The summed E-state index contributed by atoms with van der Waals surface area (Å²) in [6.45, 7) is 6.28. The van der Waals surface area contributed by atoms with Crippen LogP contribution in [0.3, 0.4) is 0 Å². The van der Waals surface area contributed by atoms with E-state index in [-0.39, 0.29) is 0 Å². The minimum absolute atomic E-state index is 0.457. The zero-order valence-electron chi connectivity index (χ0n) is 11.2. The van der Waals surface area contributed by atoms with Crippen LogP contribution in [0.25, 0.3) is 0 Å². The molecule has 0 bridgehead atoms. The number of nitrogens with one attached hydrogen (secondary N) is 2. The molecule has 1 atom stereocenters. The summed E-state index contributed by atoms with van der Waals surface area (Å²) in [7, 11) is 1.89. The van der Waals surface area contributed by atoms with Gasteiger partial charge >= 0.3 is 6.09 Å². The SMILES string of the molecule is CNCCCCC(C=O)NC(=O)OC(C)(C)C. The molecule has 0 fully saturated rings. The van der Waals surface area contributed by atoms with Gasteiger partial charge in [-0.3, -0.25) is 0 Å². The molecule has 5 heteroatoms. The maximum Gasteiger partial charge on any atom is 0.408 e. The van der Waals surface area contributed by atoms with Crippen LogP contribution in [0.5, 0.6) is 0 Å². The maximum absolute atomic E-state index is 11.4. The van der Waals surface area contributed by atoms with E-state index in [1.54, 1.807) is 20.8 Å². The molecule has 0 radical (unpaired) electrons. The van der Waals surface area contributed by atoms with E-state index in [2.05, 4.69) is 10.6 Å². The minimum Gasteiger partial charge on any atom is -0.444 e. The van der Waals surface area contributed by atoms with Crippen LogP contribution < -0.4 is 10.6 Å². The first-order valence-electron chi connectivity index (χ1n) is 5.98. The molecular formula is C12H24N2O3. The first-order chi connectivity index (χ1) is 7.89. The molecule has 0 heterocycles. The van der Waals surface area contributed by atoms with Crippen molar-refractivity contribution in [1.82, 2.24) is 10.6 Å². The molecule has 0 aromatic carbocycles. The Morgan fingerprint density at radius 3 is 2.47 bits per heavy atom. The van der Waals surface area contributed by atoms with Gasteiger partial charge in [-0.15, -0.1) is 0 Å². The van der Waals surface area contributed by atoms with Crippen LogP contribution in [0, 0.1) is 0 Å². The van der Waals surface area contributed by atoms with Gasteiger partial charge in [0.25, 0.3) is 0 Å². The molecule has 0 rings (SSSR count). The zero-order valence-corrected chi connectivity index (χ0v) is 11.2. The minimum atomic E-state index is -0.539. The van der Waals surface area contributed by atoms with E-state index in [0.29, 0.717) is 6.42 Å². The molecule has 0 saturated carbocycles. The van der Waals surface area contributed by atoms with Gasteiger partial charge in [0.2, 0.25) is 0 Å². The van der Waals surface area contributed by atoms with Crippen LogP contribution in [0.15, 0.2) is 0 Å². The van der Waals surface area contributed by atoms with Crippen LogP contribution >= 0.6 is 0 Å². The Hall–Kier alpha value is -1.10. The molecule has 0 aliphatic heterocycles. The molecule has 5 nitrogen and oxygen atoms in total. The number of alkyl carbamates (subject to hydrolysis) is 1. The summed E-state index contributed by atoms with van der Waals surface area (Å²) in [5.74, 6) is 0. The molecule has 0 aliphatic rings. The average molecular weight is 244 g/mol. The molecule has 100 valence electrons. The molecule has 1 amide bonds. The Balaban J connectivity index is 3.88. The largest absolute Gasteiger partial charge is 0.444 e. The van der Waals surface area contributed by atoms with Crippen molar-refractivity contribution in [2.45, 2.75) is 51.7 Å². The van der Waals surface area contributed by atoms with Crippen molar-refractivity contribution in [2.75, 3.05) is 13.6 Å². The smallest absolute Gasteiger partial charge is 0.408 e. The Morgan fingerprint density at radius 2 is 2.00 bits per heavy atom. The van der Waals surface area contributed by atoms with Crippen LogP contribution in [0.1, 0.15) is 40.0 Å². The van der Waals surface area contributed by atoms with Gasteiger partial charge in [0.1, 0.15) is 11.9 Å². The van der Waals surface area contributed by atoms with Gasteiger partial charge in [-0.05, 0) is 53.6 Å². The lowest BCUT2D eigenvalue weighted by molar-refractivity contribution is -0.109. The molecule has 0 aromatic heterocycles. The lowest BCUT2D eigenvalue weighted by Gasteiger charge is -2.21. The third kappa shape index (κ3) is 9.81. The van der Waals surface area contributed by atoms with E-state index in [1.807, 2.05) is 7.05 Å². The van der Waals surface area contributed by atoms with Crippen molar-refractivity contribution in [2.24, 2.45) is 0 Å². The van der Waals surface area contributed by atoms with Crippen molar-refractivity contribution in [3.05, 3.63) is 0 Å². The number of amides is 1. The van der Waals surface area contributed by atoms with Crippen molar-refractivity contribution in [3.8, 4) is 0 Å². The second-order valence-electron chi connectivity index (χ2n) is 4.99. The average Bonchev–Trinajstić information content (AvgIpc) is 2.20. The first-order valence-corrected chi connectivity index (χ1v) is 5.98. The lowest BCUT2D eigenvalue weighted by atomic mass is 10.1. The van der Waals surface area contributed by atoms with Crippen molar-refractivity contribution < 1.29 is 14.3 Å². The third-order valence-electron chi connectivity index (χ3n) is 2.06. The number of unbranched alkanes of at least 4 members (excludes halogenated alkanes) is 1. The van der Waals surface area contributed by atoms with Crippen LogP contribution in [-0.4, -0.2) is 37.6 Å². The maximum atomic E-state index is 11.4. The topological polar surface area (TPSA) is 67.4 Å². The Labute approximate surface area is 103 Å². The van der Waals surface area contributed by atoms with Gasteiger partial charge in [-0.1, -0.05) is 0 Å². The fourth-order valence-electron chi connectivity index (χ4n) is 1.30. The lowest BCUT2D eigenvalue weighted by Crippen LogP contribution is -2.40. The Bertz CT molecular complexity index is 236. The van der Waals surface area contributed by atoms with Crippen molar-refractivity contribution in [3.63, 3.8) is 0 Å². The van der Waals surface area contributed by atoms with Crippen molar-refractivity contribution in [1.29, 1.82) is 0 Å².